The van der Waals surface area contributed by atoms with E-state index in [1.807, 2.05) is 32.0 Å². The minimum Gasteiger partial charge on any atom is -0.332 e. The first kappa shape index (κ1) is 15.5. The Kier molecular flexibility index (Phi) is 4.02. The van der Waals surface area contributed by atoms with Crippen molar-refractivity contribution in [2.24, 2.45) is 5.41 Å². The van der Waals surface area contributed by atoms with E-state index in [-0.39, 0.29) is 11.0 Å². The minimum absolute atomic E-state index is 0.251. The van der Waals surface area contributed by atoms with Gasteiger partial charge in [-0.2, -0.15) is 0 Å². The number of nitrogens with one attached hydrogen (secondary N) is 2. The monoisotopic (exact) mass is 330 g/mol. The zero-order valence-corrected chi connectivity index (χ0v) is 13.8. The van der Waals surface area contributed by atoms with Gasteiger partial charge in [0.25, 0.3) is 0 Å². The molecule has 2 rings (SSSR count). The number of aryl methyl sites for hydroxylation is 1. The second kappa shape index (κ2) is 5.17. The Bertz CT molecular complexity index is 589. The summed E-state index contributed by atoms with van der Waals surface area (Å²) in [7, 11) is 0. The van der Waals surface area contributed by atoms with Crippen LogP contribution < -0.4 is 10.6 Å². The second-order valence-electron chi connectivity index (χ2n) is 5.37. The number of hydrogen-bond acceptors (Lipinski definition) is 2. The number of thiocarbonyl (C=S) groups is 1. The first-order valence-corrected chi connectivity index (χ1v) is 7.40. The Morgan fingerprint density at radius 3 is 2.50 bits per heavy atom. The van der Waals surface area contributed by atoms with Gasteiger partial charge in [-0.05, 0) is 56.6 Å². The van der Waals surface area contributed by atoms with E-state index in [0.29, 0.717) is 6.42 Å². The van der Waals surface area contributed by atoms with Gasteiger partial charge in [0.15, 0.2) is 5.11 Å². The molecule has 1 atom stereocenters. The Morgan fingerprint density at radius 2 is 1.95 bits per heavy atom. The summed E-state index contributed by atoms with van der Waals surface area (Å²) < 4.78 is -0.994. The van der Waals surface area contributed by atoms with Crippen molar-refractivity contribution in [2.45, 2.75) is 31.5 Å². The Hall–Kier alpha value is -0.840. The molecule has 0 aromatic heterocycles. The average molecular weight is 331 g/mol. The Morgan fingerprint density at radius 1 is 1.35 bits per heavy atom. The van der Waals surface area contributed by atoms with Gasteiger partial charge in [-0.1, -0.05) is 12.1 Å². The smallest absolute Gasteiger partial charge is 0.235 e. The van der Waals surface area contributed by atoms with E-state index in [1.54, 1.807) is 6.92 Å². The van der Waals surface area contributed by atoms with Gasteiger partial charge in [-0.15, -0.1) is 23.2 Å². The van der Waals surface area contributed by atoms with Gasteiger partial charge < -0.3 is 10.6 Å². The van der Waals surface area contributed by atoms with Crippen molar-refractivity contribution in [2.75, 3.05) is 5.32 Å². The fourth-order valence-electron chi connectivity index (χ4n) is 1.93. The van der Waals surface area contributed by atoms with Crippen LogP contribution in [0.25, 0.3) is 0 Å². The zero-order chi connectivity index (χ0) is 15.1. The molecule has 1 unspecified atom stereocenters. The number of rotatable bonds is 2. The van der Waals surface area contributed by atoms with Crippen molar-refractivity contribution in [1.29, 1.82) is 0 Å². The predicted molar refractivity (Wildman–Crippen MR) is 87.4 cm³/mol. The number of alkyl halides is 2. The van der Waals surface area contributed by atoms with Gasteiger partial charge in [-0.25, -0.2) is 0 Å². The van der Waals surface area contributed by atoms with Crippen LogP contribution in [0.15, 0.2) is 18.2 Å². The number of anilines is 1. The third kappa shape index (κ3) is 2.78. The van der Waals surface area contributed by atoms with E-state index in [4.69, 9.17) is 35.4 Å². The third-order valence-electron chi connectivity index (χ3n) is 3.84. The van der Waals surface area contributed by atoms with Crippen LogP contribution >= 0.6 is 35.4 Å². The quantitative estimate of drug-likeness (QED) is 0.641. The number of halogens is 2. The maximum Gasteiger partial charge on any atom is 0.235 e. The summed E-state index contributed by atoms with van der Waals surface area (Å²) in [4.78, 5) is 12.1. The van der Waals surface area contributed by atoms with Crippen LogP contribution in [-0.4, -0.2) is 15.4 Å². The lowest BCUT2D eigenvalue weighted by Gasteiger charge is -2.16. The maximum absolute atomic E-state index is 12.1. The van der Waals surface area contributed by atoms with Crippen LogP contribution in [0, 0.1) is 19.3 Å². The molecule has 1 aliphatic carbocycles. The summed E-state index contributed by atoms with van der Waals surface area (Å²) in [6.45, 7) is 5.73. The molecule has 1 aromatic carbocycles. The van der Waals surface area contributed by atoms with Crippen molar-refractivity contribution in [3.8, 4) is 0 Å². The van der Waals surface area contributed by atoms with Crippen molar-refractivity contribution in [3.63, 3.8) is 0 Å². The van der Waals surface area contributed by atoms with Gasteiger partial charge in [0.05, 0.1) is 5.41 Å². The van der Waals surface area contributed by atoms with Crippen molar-refractivity contribution < 1.29 is 4.79 Å². The minimum atomic E-state index is -0.994. The van der Waals surface area contributed by atoms with Crippen LogP contribution in [-0.2, 0) is 4.79 Å². The standard InChI is InChI=1S/C14H16Cl2N2OS/c1-8-5-4-6-10(9(8)2)17-12(20)18-11(19)13(3)7-14(13,15)16/h4-6H,7H2,1-3H3,(H2,17,18,19,20). The number of amides is 1. The van der Waals surface area contributed by atoms with E-state index in [2.05, 4.69) is 10.6 Å². The van der Waals surface area contributed by atoms with Crippen LogP contribution in [0.2, 0.25) is 0 Å². The summed E-state index contributed by atoms with van der Waals surface area (Å²) in [5, 5.41) is 5.92. The summed E-state index contributed by atoms with van der Waals surface area (Å²) in [5.74, 6) is -0.259. The van der Waals surface area contributed by atoms with Crippen LogP contribution in [0.5, 0.6) is 0 Å². The highest BCUT2D eigenvalue weighted by atomic mass is 35.5. The second-order valence-corrected chi connectivity index (χ2v) is 7.26. The maximum atomic E-state index is 12.1. The molecule has 6 heteroatoms. The molecule has 108 valence electrons. The van der Waals surface area contributed by atoms with Gasteiger partial charge in [0.1, 0.15) is 4.33 Å². The van der Waals surface area contributed by atoms with Crippen LogP contribution in [0.3, 0.4) is 0 Å². The zero-order valence-electron chi connectivity index (χ0n) is 11.5. The number of carbonyl (C=O) groups is 1. The topological polar surface area (TPSA) is 41.1 Å². The van der Waals surface area contributed by atoms with Crippen LogP contribution in [0.4, 0.5) is 5.69 Å². The van der Waals surface area contributed by atoms with E-state index in [1.165, 1.54) is 0 Å². The molecule has 20 heavy (non-hydrogen) atoms. The molecule has 1 aromatic rings. The van der Waals surface area contributed by atoms with Gasteiger partial charge in [0, 0.05) is 5.69 Å². The van der Waals surface area contributed by atoms with Gasteiger partial charge in [-0.3, -0.25) is 4.79 Å². The molecule has 2 N–H and O–H groups in total. The Balaban J connectivity index is 2.00. The molecule has 0 radical (unpaired) electrons. The lowest BCUT2D eigenvalue weighted by Crippen LogP contribution is -2.40. The molecular weight excluding hydrogens is 315 g/mol. The lowest BCUT2D eigenvalue weighted by molar-refractivity contribution is -0.124. The van der Waals surface area contributed by atoms with E-state index in [0.717, 1.165) is 16.8 Å². The first-order chi connectivity index (χ1) is 9.17. The van der Waals surface area contributed by atoms with Gasteiger partial charge in [0.2, 0.25) is 5.91 Å². The molecule has 1 saturated carbocycles. The molecule has 1 aliphatic rings. The highest BCUT2D eigenvalue weighted by molar-refractivity contribution is 7.80. The fraction of sp³-hybridized carbons (Fsp3) is 0.429. The molecule has 0 spiro atoms. The predicted octanol–water partition coefficient (Wildman–Crippen LogP) is 3.70. The molecule has 0 bridgehead atoms. The van der Waals surface area contributed by atoms with E-state index < -0.39 is 9.75 Å². The summed E-state index contributed by atoms with van der Waals surface area (Å²) in [6.07, 6.45) is 0.432. The lowest BCUT2D eigenvalue weighted by atomic mass is 10.1. The SMILES string of the molecule is Cc1cccc(NC(=S)NC(=O)C2(C)CC2(Cl)Cl)c1C. The number of benzene rings is 1. The number of hydrogen-bond donors (Lipinski definition) is 2. The van der Waals surface area contributed by atoms with Gasteiger partial charge >= 0.3 is 0 Å². The fourth-order valence-corrected chi connectivity index (χ4v) is 2.84. The highest BCUT2D eigenvalue weighted by Crippen LogP contribution is 2.63. The number of carbonyl (C=O) groups excluding carboxylic acids is 1. The third-order valence-corrected chi connectivity index (χ3v) is 5.14. The van der Waals surface area contributed by atoms with E-state index in [9.17, 15) is 4.79 Å². The van der Waals surface area contributed by atoms with Crippen LogP contribution in [0.1, 0.15) is 24.5 Å². The first-order valence-electron chi connectivity index (χ1n) is 6.24. The summed E-state index contributed by atoms with van der Waals surface area (Å²) in [6, 6.07) is 5.86. The highest BCUT2D eigenvalue weighted by Gasteiger charge is 2.68. The molecular formula is C14H16Cl2N2OS. The molecule has 0 saturated heterocycles. The molecule has 3 nitrogen and oxygen atoms in total. The Labute approximate surface area is 134 Å². The molecule has 0 aliphatic heterocycles. The van der Waals surface area contributed by atoms with Crippen molar-refractivity contribution in [1.82, 2.24) is 5.32 Å². The molecule has 1 fully saturated rings. The summed E-state index contributed by atoms with van der Waals surface area (Å²) >= 11 is 17.1. The average Bonchev–Trinajstić information content (AvgIpc) is 2.86. The van der Waals surface area contributed by atoms with Crippen molar-refractivity contribution in [3.05, 3.63) is 29.3 Å². The summed E-state index contributed by atoms with van der Waals surface area (Å²) in [5.41, 5.74) is 2.34. The molecule has 1 amide bonds. The van der Waals surface area contributed by atoms with Crippen molar-refractivity contribution >= 4 is 52.1 Å². The largest absolute Gasteiger partial charge is 0.332 e. The normalized spacial score (nSPS) is 23.1. The van der Waals surface area contributed by atoms with E-state index >= 15 is 0 Å². The molecule has 0 heterocycles.